The third kappa shape index (κ3) is 5.77. The number of hydrogen-bond acceptors (Lipinski definition) is 4. The van der Waals surface area contributed by atoms with Crippen LogP contribution in [0.15, 0.2) is 42.6 Å². The lowest BCUT2D eigenvalue weighted by Gasteiger charge is -2.08. The van der Waals surface area contributed by atoms with E-state index in [1.54, 1.807) is 43.5 Å². The Hall–Kier alpha value is -2.80. The quantitative estimate of drug-likeness (QED) is 0.748. The van der Waals surface area contributed by atoms with Gasteiger partial charge in [-0.1, -0.05) is 11.6 Å². The van der Waals surface area contributed by atoms with Gasteiger partial charge >= 0.3 is 6.03 Å². The Morgan fingerprint density at radius 1 is 1.12 bits per heavy atom. The van der Waals surface area contributed by atoms with E-state index in [9.17, 15) is 9.59 Å². The maximum Gasteiger partial charge on any atom is 0.319 e. The highest BCUT2D eigenvalue weighted by Crippen LogP contribution is 2.14. The van der Waals surface area contributed by atoms with E-state index in [0.717, 1.165) is 0 Å². The van der Waals surface area contributed by atoms with Crippen molar-refractivity contribution in [3.63, 3.8) is 0 Å². The number of carbonyl (C=O) groups excluding carboxylic acids is 2. The van der Waals surface area contributed by atoms with E-state index in [-0.39, 0.29) is 18.9 Å². The second-order valence-corrected chi connectivity index (χ2v) is 5.21. The Kier molecular flexibility index (Phi) is 6.39. The number of urea groups is 1. The van der Waals surface area contributed by atoms with Crippen molar-refractivity contribution in [2.24, 2.45) is 0 Å². The lowest BCUT2D eigenvalue weighted by molar-refractivity contribution is -0.116. The summed E-state index contributed by atoms with van der Waals surface area (Å²) < 4.78 is 5.04. The van der Waals surface area contributed by atoms with Crippen molar-refractivity contribution in [3.05, 3.63) is 47.6 Å². The van der Waals surface area contributed by atoms with Gasteiger partial charge in [0.25, 0.3) is 0 Å². The average Bonchev–Trinajstić information content (AvgIpc) is 2.57. The average molecular weight is 349 g/mol. The number of aromatic nitrogens is 1. The molecule has 0 aliphatic carbocycles. The molecular weight excluding hydrogens is 332 g/mol. The van der Waals surface area contributed by atoms with Gasteiger partial charge in [-0.15, -0.1) is 0 Å². The van der Waals surface area contributed by atoms with Crippen molar-refractivity contribution in [3.8, 4) is 5.75 Å². The van der Waals surface area contributed by atoms with Gasteiger partial charge in [0, 0.05) is 24.8 Å². The first-order valence-electron chi connectivity index (χ1n) is 7.17. The standard InChI is InChI=1S/C16H17ClN4O3/c1-24-13-5-3-12(4-6-13)20-16(23)18-9-8-15(22)21-14-7-2-11(17)10-19-14/h2-7,10H,8-9H2,1H3,(H2,18,20,23)(H,19,21,22). The first kappa shape index (κ1) is 17.6. The number of carbonyl (C=O) groups is 2. The van der Waals surface area contributed by atoms with Gasteiger partial charge in [0.1, 0.15) is 11.6 Å². The minimum Gasteiger partial charge on any atom is -0.497 e. The van der Waals surface area contributed by atoms with Gasteiger partial charge in [0.2, 0.25) is 5.91 Å². The van der Waals surface area contributed by atoms with Crippen molar-refractivity contribution in [2.45, 2.75) is 6.42 Å². The van der Waals surface area contributed by atoms with Crippen LogP contribution < -0.4 is 20.7 Å². The zero-order valence-electron chi connectivity index (χ0n) is 13.0. The minimum atomic E-state index is -0.391. The number of anilines is 2. The first-order valence-corrected chi connectivity index (χ1v) is 7.55. The van der Waals surface area contributed by atoms with E-state index in [1.165, 1.54) is 6.20 Å². The van der Waals surface area contributed by atoms with Crippen LogP contribution in [-0.4, -0.2) is 30.6 Å². The van der Waals surface area contributed by atoms with Crippen LogP contribution in [0.4, 0.5) is 16.3 Å². The van der Waals surface area contributed by atoms with Crippen LogP contribution in [0.5, 0.6) is 5.75 Å². The number of nitrogens with one attached hydrogen (secondary N) is 3. The Morgan fingerprint density at radius 3 is 2.50 bits per heavy atom. The van der Waals surface area contributed by atoms with E-state index in [4.69, 9.17) is 16.3 Å². The number of amides is 3. The topological polar surface area (TPSA) is 92.4 Å². The highest BCUT2D eigenvalue weighted by Gasteiger charge is 2.06. The van der Waals surface area contributed by atoms with E-state index in [0.29, 0.717) is 22.3 Å². The van der Waals surface area contributed by atoms with Crippen LogP contribution in [0.25, 0.3) is 0 Å². The van der Waals surface area contributed by atoms with Crippen LogP contribution in [0, 0.1) is 0 Å². The second-order valence-electron chi connectivity index (χ2n) is 4.77. The monoisotopic (exact) mass is 348 g/mol. The molecule has 3 N–H and O–H groups in total. The molecule has 0 aliphatic heterocycles. The van der Waals surface area contributed by atoms with Gasteiger partial charge in [0.05, 0.1) is 12.1 Å². The molecule has 1 aromatic carbocycles. The molecule has 0 saturated carbocycles. The van der Waals surface area contributed by atoms with Crippen LogP contribution in [0.3, 0.4) is 0 Å². The molecule has 126 valence electrons. The molecule has 0 aliphatic rings. The maximum absolute atomic E-state index is 11.7. The summed E-state index contributed by atoms with van der Waals surface area (Å²) in [6.45, 7) is 0.196. The fraction of sp³-hybridized carbons (Fsp3) is 0.188. The summed E-state index contributed by atoms with van der Waals surface area (Å²) in [6.07, 6.45) is 1.57. The molecule has 3 amide bonds. The maximum atomic E-state index is 11.7. The lowest BCUT2D eigenvalue weighted by Crippen LogP contribution is -2.31. The molecule has 8 heteroatoms. The van der Waals surface area contributed by atoms with Crippen LogP contribution in [0.2, 0.25) is 5.02 Å². The molecule has 7 nitrogen and oxygen atoms in total. The largest absolute Gasteiger partial charge is 0.497 e. The smallest absolute Gasteiger partial charge is 0.319 e. The normalized spacial score (nSPS) is 9.92. The number of nitrogens with zero attached hydrogens (tertiary/aromatic N) is 1. The molecule has 0 saturated heterocycles. The summed E-state index contributed by atoms with van der Waals surface area (Å²) >= 11 is 5.71. The third-order valence-corrected chi connectivity index (χ3v) is 3.20. The van der Waals surface area contributed by atoms with Gasteiger partial charge in [-0.2, -0.15) is 0 Å². The Balaban J connectivity index is 1.69. The Labute approximate surface area is 144 Å². The van der Waals surface area contributed by atoms with Gasteiger partial charge < -0.3 is 20.7 Å². The number of pyridine rings is 1. The summed E-state index contributed by atoms with van der Waals surface area (Å²) in [4.78, 5) is 27.4. The number of rotatable bonds is 6. The summed E-state index contributed by atoms with van der Waals surface area (Å²) in [5.74, 6) is 0.857. The zero-order chi connectivity index (χ0) is 17.4. The molecule has 24 heavy (non-hydrogen) atoms. The summed E-state index contributed by atoms with van der Waals surface area (Å²) in [6, 6.07) is 9.76. The number of methoxy groups -OCH3 is 1. The van der Waals surface area contributed by atoms with E-state index in [2.05, 4.69) is 20.9 Å². The number of hydrogen-bond donors (Lipinski definition) is 3. The van der Waals surface area contributed by atoms with Crippen molar-refractivity contribution < 1.29 is 14.3 Å². The fourth-order valence-electron chi connectivity index (χ4n) is 1.79. The first-order chi connectivity index (χ1) is 11.6. The Morgan fingerprint density at radius 2 is 1.88 bits per heavy atom. The van der Waals surface area contributed by atoms with E-state index < -0.39 is 6.03 Å². The molecule has 1 heterocycles. The summed E-state index contributed by atoms with van der Waals surface area (Å²) in [5.41, 5.74) is 0.628. The van der Waals surface area contributed by atoms with Crippen LogP contribution >= 0.6 is 11.6 Å². The third-order valence-electron chi connectivity index (χ3n) is 2.98. The van der Waals surface area contributed by atoms with E-state index in [1.807, 2.05) is 0 Å². The zero-order valence-corrected chi connectivity index (χ0v) is 13.8. The number of ether oxygens (including phenoxy) is 1. The summed E-state index contributed by atoms with van der Waals surface area (Å²) in [5, 5.41) is 8.36. The van der Waals surface area contributed by atoms with Crippen LogP contribution in [0.1, 0.15) is 6.42 Å². The summed E-state index contributed by atoms with van der Waals surface area (Å²) in [7, 11) is 1.57. The van der Waals surface area contributed by atoms with Gasteiger partial charge in [0.15, 0.2) is 0 Å². The Bertz CT molecular complexity index is 689. The van der Waals surface area contributed by atoms with Gasteiger partial charge in [-0.25, -0.2) is 9.78 Å². The van der Waals surface area contributed by atoms with Crippen molar-refractivity contribution in [1.82, 2.24) is 10.3 Å². The van der Waals surface area contributed by atoms with Crippen LogP contribution in [-0.2, 0) is 4.79 Å². The van der Waals surface area contributed by atoms with Crippen molar-refractivity contribution in [2.75, 3.05) is 24.3 Å². The molecule has 2 rings (SSSR count). The molecule has 0 unspecified atom stereocenters. The number of halogens is 1. The predicted octanol–water partition coefficient (Wildman–Crippen LogP) is 2.89. The molecule has 2 aromatic rings. The number of benzene rings is 1. The van der Waals surface area contributed by atoms with Crippen molar-refractivity contribution >= 4 is 35.0 Å². The minimum absolute atomic E-state index is 0.125. The van der Waals surface area contributed by atoms with Gasteiger partial charge in [-0.3, -0.25) is 4.79 Å². The van der Waals surface area contributed by atoms with Gasteiger partial charge in [-0.05, 0) is 36.4 Å². The second kappa shape index (κ2) is 8.73. The molecule has 0 fully saturated rings. The lowest BCUT2D eigenvalue weighted by atomic mass is 10.3. The molecule has 0 radical (unpaired) electrons. The highest BCUT2D eigenvalue weighted by molar-refractivity contribution is 6.30. The van der Waals surface area contributed by atoms with Crippen molar-refractivity contribution in [1.29, 1.82) is 0 Å². The van der Waals surface area contributed by atoms with E-state index >= 15 is 0 Å². The molecule has 1 aromatic heterocycles. The predicted molar refractivity (Wildman–Crippen MR) is 92.5 cm³/mol. The molecule has 0 spiro atoms. The molecule has 0 bridgehead atoms. The molecule has 0 atom stereocenters. The molecular formula is C16H17ClN4O3. The highest BCUT2D eigenvalue weighted by atomic mass is 35.5. The fourth-order valence-corrected chi connectivity index (χ4v) is 1.91. The SMILES string of the molecule is COc1ccc(NC(=O)NCCC(=O)Nc2ccc(Cl)cn2)cc1.